The number of hydrogen-bond acceptors (Lipinski definition) is 6. The first-order valence-electron chi connectivity index (χ1n) is 8.87. The summed E-state index contributed by atoms with van der Waals surface area (Å²) < 4.78 is 13.4. The Kier molecular flexibility index (Phi) is 3.61. The number of pyridine rings is 1. The Balaban J connectivity index is 1.70. The van der Waals surface area contributed by atoms with Crippen molar-refractivity contribution in [1.82, 2.24) is 24.7 Å². The van der Waals surface area contributed by atoms with Crippen molar-refractivity contribution in [2.75, 3.05) is 0 Å². The van der Waals surface area contributed by atoms with Crippen LogP contribution in [-0.2, 0) is 7.05 Å². The maximum absolute atomic E-state index is 6.17. The number of ether oxygens (including phenoxy) is 1. The molecule has 7 nitrogen and oxygen atoms in total. The van der Waals surface area contributed by atoms with Crippen LogP contribution in [0.2, 0.25) is 0 Å². The van der Waals surface area contributed by atoms with Gasteiger partial charge in [-0.15, -0.1) is 0 Å². The molecule has 1 aromatic carbocycles. The summed E-state index contributed by atoms with van der Waals surface area (Å²) in [6, 6.07) is 7.59. The summed E-state index contributed by atoms with van der Waals surface area (Å²) in [5.41, 5.74) is 5.37. The topological polar surface area (TPSA) is 78.9 Å². The van der Waals surface area contributed by atoms with Crippen molar-refractivity contribution in [1.29, 1.82) is 0 Å². The average Bonchev–Trinajstić information content (AvgIpc) is 3.30. The van der Waals surface area contributed by atoms with E-state index in [2.05, 4.69) is 20.1 Å². The maximum atomic E-state index is 6.17. The highest BCUT2D eigenvalue weighted by atomic mass is 16.5. The van der Waals surface area contributed by atoms with Gasteiger partial charge in [0.2, 0.25) is 5.88 Å². The molecule has 4 aromatic heterocycles. The molecule has 0 amide bonds. The number of furan rings is 1. The molecule has 138 valence electrons. The monoisotopic (exact) mass is 371 g/mol. The molecule has 5 rings (SSSR count). The molecule has 0 bridgehead atoms. The lowest BCUT2D eigenvalue weighted by molar-refractivity contribution is 0.474. The van der Waals surface area contributed by atoms with Crippen molar-refractivity contribution in [3.63, 3.8) is 0 Å². The Morgan fingerprint density at radius 2 is 1.79 bits per heavy atom. The molecule has 0 fully saturated rings. The summed E-state index contributed by atoms with van der Waals surface area (Å²) in [5.74, 6) is 1.18. The Labute approximate surface area is 160 Å². The van der Waals surface area contributed by atoms with Crippen LogP contribution in [0, 0.1) is 13.8 Å². The first-order valence-corrected chi connectivity index (χ1v) is 8.87. The Morgan fingerprint density at radius 3 is 2.61 bits per heavy atom. The van der Waals surface area contributed by atoms with Gasteiger partial charge in [0, 0.05) is 42.0 Å². The van der Waals surface area contributed by atoms with Gasteiger partial charge in [-0.3, -0.25) is 4.68 Å². The zero-order valence-corrected chi connectivity index (χ0v) is 15.7. The second kappa shape index (κ2) is 6.16. The molecule has 0 aliphatic rings. The smallest absolute Gasteiger partial charge is 0.230 e. The van der Waals surface area contributed by atoms with Crippen LogP contribution >= 0.6 is 0 Å². The van der Waals surface area contributed by atoms with E-state index in [1.54, 1.807) is 23.5 Å². The van der Waals surface area contributed by atoms with Crippen molar-refractivity contribution in [2.45, 2.75) is 13.8 Å². The summed E-state index contributed by atoms with van der Waals surface area (Å²) in [5, 5.41) is 6.39. The van der Waals surface area contributed by atoms with Crippen molar-refractivity contribution in [3.05, 3.63) is 60.6 Å². The normalized spacial score (nSPS) is 11.4. The molecule has 0 unspecified atom stereocenters. The van der Waals surface area contributed by atoms with E-state index in [0.717, 1.165) is 44.4 Å². The van der Waals surface area contributed by atoms with Crippen LogP contribution in [0.1, 0.15) is 11.4 Å². The van der Waals surface area contributed by atoms with E-state index in [4.69, 9.17) is 9.15 Å². The zero-order chi connectivity index (χ0) is 19.3. The standard InChI is InChI=1S/C21H17N5O2/c1-12-19(13(2)24-11-23-12)15-4-5-18(16-10-26(3)25-20(15)16)28-21-14-7-9-27-17(14)6-8-22-21/h4-11H,1-3H3. The minimum absolute atomic E-state index is 0.500. The number of hydrogen-bond donors (Lipinski definition) is 0. The van der Waals surface area contributed by atoms with E-state index in [1.165, 1.54) is 0 Å². The van der Waals surface area contributed by atoms with Gasteiger partial charge < -0.3 is 9.15 Å². The highest BCUT2D eigenvalue weighted by Crippen LogP contribution is 2.38. The minimum Gasteiger partial charge on any atom is -0.464 e. The fraction of sp³-hybridized carbons (Fsp3) is 0.143. The van der Waals surface area contributed by atoms with Gasteiger partial charge in [0.1, 0.15) is 23.2 Å². The van der Waals surface area contributed by atoms with E-state index in [-0.39, 0.29) is 0 Å². The summed E-state index contributed by atoms with van der Waals surface area (Å²) in [7, 11) is 1.89. The van der Waals surface area contributed by atoms with Crippen molar-refractivity contribution >= 4 is 21.9 Å². The van der Waals surface area contributed by atoms with E-state index >= 15 is 0 Å². The zero-order valence-electron chi connectivity index (χ0n) is 15.7. The van der Waals surface area contributed by atoms with Gasteiger partial charge in [0.25, 0.3) is 0 Å². The van der Waals surface area contributed by atoms with Gasteiger partial charge in [0.15, 0.2) is 0 Å². The Hall–Kier alpha value is -3.74. The van der Waals surface area contributed by atoms with Crippen LogP contribution in [0.15, 0.2) is 53.7 Å². The summed E-state index contributed by atoms with van der Waals surface area (Å²) in [4.78, 5) is 13.1. The lowest BCUT2D eigenvalue weighted by Gasteiger charge is -2.11. The van der Waals surface area contributed by atoms with E-state index in [1.807, 2.05) is 51.4 Å². The molecule has 0 aliphatic heterocycles. The van der Waals surface area contributed by atoms with Gasteiger partial charge in [-0.25, -0.2) is 15.0 Å². The molecule has 0 radical (unpaired) electrons. The molecule has 5 aromatic rings. The molecule has 0 saturated heterocycles. The molecule has 0 spiro atoms. The van der Waals surface area contributed by atoms with Crippen molar-refractivity contribution < 1.29 is 9.15 Å². The third-order valence-electron chi connectivity index (χ3n) is 4.80. The molecular formula is C21H17N5O2. The first kappa shape index (κ1) is 16.4. The molecule has 0 atom stereocenters. The maximum Gasteiger partial charge on any atom is 0.230 e. The lowest BCUT2D eigenvalue weighted by Crippen LogP contribution is -1.96. The molecule has 0 saturated carbocycles. The molecule has 7 heteroatoms. The average molecular weight is 371 g/mol. The Bertz CT molecular complexity index is 1320. The number of nitrogens with zero attached hydrogens (tertiary/aromatic N) is 5. The van der Waals surface area contributed by atoms with Gasteiger partial charge in [-0.2, -0.15) is 5.10 Å². The molecule has 0 N–H and O–H groups in total. The van der Waals surface area contributed by atoms with E-state index in [0.29, 0.717) is 11.6 Å². The first-order chi connectivity index (χ1) is 13.6. The van der Waals surface area contributed by atoms with E-state index in [9.17, 15) is 0 Å². The van der Waals surface area contributed by atoms with Crippen LogP contribution in [0.4, 0.5) is 0 Å². The number of benzene rings is 1. The van der Waals surface area contributed by atoms with Crippen molar-refractivity contribution in [2.24, 2.45) is 7.05 Å². The van der Waals surface area contributed by atoms with E-state index < -0.39 is 0 Å². The number of aryl methyl sites for hydroxylation is 3. The lowest BCUT2D eigenvalue weighted by atomic mass is 10.00. The summed E-state index contributed by atoms with van der Waals surface area (Å²) >= 11 is 0. The SMILES string of the molecule is Cc1ncnc(C)c1-c1ccc(Oc2nccc3occc23)c2cn(C)nc12. The van der Waals surface area contributed by atoms with Crippen LogP contribution in [-0.4, -0.2) is 24.7 Å². The quantitative estimate of drug-likeness (QED) is 0.462. The summed E-state index contributed by atoms with van der Waals surface area (Å²) in [6.07, 6.45) is 6.82. The number of rotatable bonds is 3. The second-order valence-electron chi connectivity index (χ2n) is 6.65. The highest BCUT2D eigenvalue weighted by molar-refractivity contribution is 5.98. The fourth-order valence-corrected chi connectivity index (χ4v) is 3.52. The Morgan fingerprint density at radius 1 is 0.964 bits per heavy atom. The van der Waals surface area contributed by atoms with Crippen LogP contribution < -0.4 is 4.74 Å². The fourth-order valence-electron chi connectivity index (χ4n) is 3.52. The van der Waals surface area contributed by atoms with Gasteiger partial charge in [0.05, 0.1) is 17.0 Å². The predicted molar refractivity (Wildman–Crippen MR) is 105 cm³/mol. The molecule has 0 aliphatic carbocycles. The van der Waals surface area contributed by atoms with Crippen molar-refractivity contribution in [3.8, 4) is 22.8 Å². The van der Waals surface area contributed by atoms with Gasteiger partial charge >= 0.3 is 0 Å². The highest BCUT2D eigenvalue weighted by Gasteiger charge is 2.18. The third kappa shape index (κ3) is 2.51. The van der Waals surface area contributed by atoms with Gasteiger partial charge in [-0.05, 0) is 38.1 Å². The second-order valence-corrected chi connectivity index (χ2v) is 6.65. The van der Waals surface area contributed by atoms with Crippen LogP contribution in [0.25, 0.3) is 33.0 Å². The number of aromatic nitrogens is 5. The summed E-state index contributed by atoms with van der Waals surface area (Å²) in [6.45, 7) is 3.96. The molecule has 28 heavy (non-hydrogen) atoms. The molecule has 4 heterocycles. The third-order valence-corrected chi connectivity index (χ3v) is 4.80. The van der Waals surface area contributed by atoms with Gasteiger partial charge in [-0.1, -0.05) is 0 Å². The van der Waals surface area contributed by atoms with Crippen LogP contribution in [0.5, 0.6) is 11.6 Å². The minimum atomic E-state index is 0.500. The number of fused-ring (bicyclic) bond motifs is 2. The van der Waals surface area contributed by atoms with Crippen LogP contribution in [0.3, 0.4) is 0 Å². The largest absolute Gasteiger partial charge is 0.464 e. The molecular weight excluding hydrogens is 354 g/mol. The predicted octanol–water partition coefficient (Wildman–Crippen LogP) is 4.58.